The molecule has 17 heavy (non-hydrogen) atoms. The van der Waals surface area contributed by atoms with Crippen LogP contribution in [-0.4, -0.2) is 66.0 Å². The van der Waals surface area contributed by atoms with E-state index in [0.29, 0.717) is 6.29 Å². The zero-order valence-electron chi connectivity index (χ0n) is 12.5. The molecule has 0 aliphatic carbocycles. The molecule has 0 aromatic heterocycles. The van der Waals surface area contributed by atoms with E-state index in [9.17, 15) is 0 Å². The van der Waals surface area contributed by atoms with E-state index >= 15 is 0 Å². The Morgan fingerprint density at radius 2 is 1.65 bits per heavy atom. The molecule has 1 radical (unpaired) electrons. The van der Waals surface area contributed by atoms with Crippen molar-refractivity contribution >= 4 is 18.9 Å². The number of hydrogen-bond donors (Lipinski definition) is 0. The molecule has 1 rings (SSSR count). The summed E-state index contributed by atoms with van der Waals surface area (Å²) in [5.74, 6) is 0. The number of allylic oxidation sites excluding steroid dienone is 1. The van der Waals surface area contributed by atoms with Gasteiger partial charge in [-0.3, -0.25) is 4.90 Å². The van der Waals surface area contributed by atoms with Gasteiger partial charge in [0.25, 0.3) is 0 Å². The molecule has 0 amide bonds. The van der Waals surface area contributed by atoms with E-state index in [1.165, 1.54) is 5.70 Å². The second kappa shape index (κ2) is 8.08. The molecule has 95 valence electrons. The van der Waals surface area contributed by atoms with Crippen molar-refractivity contribution in [2.75, 3.05) is 26.2 Å². The normalized spacial score (nSPS) is 19.6. The van der Waals surface area contributed by atoms with E-state index in [2.05, 4.69) is 55.5 Å². The number of nitrogens with zero attached hydrogens (tertiary/aromatic N) is 3. The Bertz CT molecular complexity index is 239. The minimum Gasteiger partial charge on any atom is -0.344 e. The fraction of sp³-hybridized carbons (Fsp3) is 0.846. The van der Waals surface area contributed by atoms with E-state index in [4.69, 9.17) is 0 Å². The van der Waals surface area contributed by atoms with Crippen LogP contribution in [0.4, 0.5) is 0 Å². The summed E-state index contributed by atoms with van der Waals surface area (Å²) in [6.45, 7) is 15.6. The first kappa shape index (κ1) is 16.9. The second-order valence-corrected chi connectivity index (χ2v) is 4.16. The van der Waals surface area contributed by atoms with Gasteiger partial charge in [0.15, 0.2) is 6.29 Å². The van der Waals surface area contributed by atoms with Crippen LogP contribution in [0.25, 0.3) is 0 Å². The molecule has 1 atom stereocenters. The predicted molar refractivity (Wildman–Crippen MR) is 75.6 cm³/mol. The van der Waals surface area contributed by atoms with Gasteiger partial charge in [0.05, 0.1) is 0 Å². The van der Waals surface area contributed by atoms with Crippen LogP contribution < -0.4 is 0 Å². The zero-order chi connectivity index (χ0) is 12.1. The van der Waals surface area contributed by atoms with Gasteiger partial charge in [-0.15, -0.1) is 0 Å². The van der Waals surface area contributed by atoms with E-state index in [1.54, 1.807) is 0 Å². The molecule has 1 heterocycles. The third kappa shape index (κ3) is 3.43. The molecule has 0 N–H and O–H groups in total. The molecule has 3 nitrogen and oxygen atoms in total. The van der Waals surface area contributed by atoms with E-state index < -0.39 is 0 Å². The summed E-state index contributed by atoms with van der Waals surface area (Å²) in [6.07, 6.45) is 3.91. The molecule has 1 aliphatic rings. The van der Waals surface area contributed by atoms with Gasteiger partial charge < -0.3 is 9.80 Å². The van der Waals surface area contributed by atoms with Crippen molar-refractivity contribution in [3.05, 3.63) is 11.9 Å². The molecule has 0 spiro atoms. The Kier molecular flexibility index (Phi) is 8.03. The van der Waals surface area contributed by atoms with Crippen LogP contribution in [0.5, 0.6) is 0 Å². The Balaban J connectivity index is 0.00000256. The minimum atomic E-state index is 0. The Morgan fingerprint density at radius 3 is 2.00 bits per heavy atom. The maximum absolute atomic E-state index is 2.52. The van der Waals surface area contributed by atoms with Gasteiger partial charge in [-0.1, -0.05) is 20.8 Å². The summed E-state index contributed by atoms with van der Waals surface area (Å²) in [6, 6.07) is 0. The largest absolute Gasteiger partial charge is 0.344 e. The fourth-order valence-electron chi connectivity index (χ4n) is 2.53. The Hall–Kier alpha value is -0.103. The van der Waals surface area contributed by atoms with Gasteiger partial charge in [-0.05, 0) is 33.4 Å². The van der Waals surface area contributed by atoms with Crippen LogP contribution >= 0.6 is 0 Å². The molecule has 0 aromatic rings. The van der Waals surface area contributed by atoms with Crippen molar-refractivity contribution in [2.24, 2.45) is 0 Å². The average Bonchev–Trinajstić information content (AvgIpc) is 2.68. The molecule has 1 unspecified atom stereocenters. The van der Waals surface area contributed by atoms with Crippen molar-refractivity contribution < 1.29 is 0 Å². The monoisotopic (exact) mass is 232 g/mol. The molecule has 0 bridgehead atoms. The fourth-order valence-corrected chi connectivity index (χ4v) is 2.53. The SMILES string of the molecule is CCC1=CN(CC)C(N(CC)CC)N1CC.[Li]. The van der Waals surface area contributed by atoms with Gasteiger partial charge in [0.1, 0.15) is 0 Å². The molecule has 4 heteroatoms. The van der Waals surface area contributed by atoms with Crippen LogP contribution in [0.15, 0.2) is 11.9 Å². The third-order valence-corrected chi connectivity index (χ3v) is 3.47. The van der Waals surface area contributed by atoms with Crippen molar-refractivity contribution in [3.63, 3.8) is 0 Å². The van der Waals surface area contributed by atoms with Crippen molar-refractivity contribution in [2.45, 2.75) is 47.3 Å². The van der Waals surface area contributed by atoms with Crippen LogP contribution in [0.1, 0.15) is 41.0 Å². The van der Waals surface area contributed by atoms with Crippen LogP contribution in [0.3, 0.4) is 0 Å². The molecular formula is C13H27LiN3. The van der Waals surface area contributed by atoms with E-state index in [1.807, 2.05) is 0 Å². The minimum absolute atomic E-state index is 0. The Morgan fingerprint density at radius 1 is 1.06 bits per heavy atom. The quantitative estimate of drug-likeness (QED) is 0.650. The summed E-state index contributed by atoms with van der Waals surface area (Å²) in [7, 11) is 0. The summed E-state index contributed by atoms with van der Waals surface area (Å²) in [4.78, 5) is 7.50. The first-order valence-corrected chi connectivity index (χ1v) is 6.70. The summed E-state index contributed by atoms with van der Waals surface area (Å²) in [5.41, 5.74) is 1.47. The maximum atomic E-state index is 2.52. The first-order valence-electron chi connectivity index (χ1n) is 6.70. The number of hydrogen-bond acceptors (Lipinski definition) is 3. The van der Waals surface area contributed by atoms with Gasteiger partial charge >= 0.3 is 0 Å². The van der Waals surface area contributed by atoms with Gasteiger partial charge in [0, 0.05) is 43.8 Å². The van der Waals surface area contributed by atoms with Crippen LogP contribution in [0, 0.1) is 0 Å². The zero-order valence-corrected chi connectivity index (χ0v) is 12.5. The standard InChI is InChI=1S/C13H27N3.Li/c1-6-12-11-15(9-4)13(16(12)10-5)14(7-2)8-3;/h11,13H,6-10H2,1-5H3;. The molecule has 0 saturated heterocycles. The maximum Gasteiger partial charge on any atom is 0.159 e. The molecule has 0 saturated carbocycles. The van der Waals surface area contributed by atoms with Gasteiger partial charge in [-0.25, -0.2) is 0 Å². The smallest absolute Gasteiger partial charge is 0.159 e. The molecule has 0 aromatic carbocycles. The molecular weight excluding hydrogens is 205 g/mol. The summed E-state index contributed by atoms with van der Waals surface area (Å²) < 4.78 is 0. The number of rotatable bonds is 6. The second-order valence-electron chi connectivity index (χ2n) is 4.16. The van der Waals surface area contributed by atoms with Gasteiger partial charge in [-0.2, -0.15) is 0 Å². The van der Waals surface area contributed by atoms with Crippen molar-refractivity contribution in [1.29, 1.82) is 0 Å². The topological polar surface area (TPSA) is 9.72 Å². The van der Waals surface area contributed by atoms with Crippen molar-refractivity contribution in [1.82, 2.24) is 14.7 Å². The third-order valence-electron chi connectivity index (χ3n) is 3.47. The Labute approximate surface area is 119 Å². The average molecular weight is 232 g/mol. The van der Waals surface area contributed by atoms with Crippen molar-refractivity contribution in [3.8, 4) is 0 Å². The van der Waals surface area contributed by atoms with E-state index in [-0.39, 0.29) is 18.9 Å². The van der Waals surface area contributed by atoms with Gasteiger partial charge in [0.2, 0.25) is 0 Å². The van der Waals surface area contributed by atoms with E-state index in [0.717, 1.165) is 32.6 Å². The van der Waals surface area contributed by atoms with Crippen LogP contribution in [-0.2, 0) is 0 Å². The summed E-state index contributed by atoms with van der Waals surface area (Å²) >= 11 is 0. The molecule has 1 aliphatic heterocycles. The predicted octanol–water partition coefficient (Wildman–Crippen LogP) is 2.14. The van der Waals surface area contributed by atoms with Crippen LogP contribution in [0.2, 0.25) is 0 Å². The first-order chi connectivity index (χ1) is 7.73. The molecule has 0 fully saturated rings. The summed E-state index contributed by atoms with van der Waals surface area (Å²) in [5, 5.41) is 0.